The first-order chi connectivity index (χ1) is 17.1. The number of nitrogens with zero attached hydrogens (tertiary/aromatic N) is 4. The van der Waals surface area contributed by atoms with E-state index in [9.17, 15) is 9.59 Å². The topological polar surface area (TPSA) is 86.5 Å². The first-order valence-electron chi connectivity index (χ1n) is 11.8. The van der Waals surface area contributed by atoms with Crippen molar-refractivity contribution in [1.29, 1.82) is 0 Å². The Morgan fingerprint density at radius 2 is 2.03 bits per heavy atom. The lowest BCUT2D eigenvalue weighted by molar-refractivity contribution is 0.0322. The van der Waals surface area contributed by atoms with Gasteiger partial charge >= 0.3 is 4.87 Å². The van der Waals surface area contributed by atoms with Crippen molar-refractivity contribution in [2.24, 2.45) is 5.92 Å². The number of morpholine rings is 1. The second-order valence-corrected chi connectivity index (χ2v) is 9.78. The first kappa shape index (κ1) is 23.6. The molecule has 1 aromatic carbocycles. The Bertz CT molecular complexity index is 1320. The number of Topliss-reactive ketones (excluding diaryl/α,β-unsaturated/α-hetero) is 1. The Hall–Kier alpha value is -3.14. The number of allylic oxidation sites excluding steroid dienone is 4. The van der Waals surface area contributed by atoms with Crippen molar-refractivity contribution >= 4 is 32.9 Å². The second kappa shape index (κ2) is 10.6. The number of hydrogen-bond donors (Lipinski definition) is 0. The number of carbonyl (C=O) groups excluding carboxylic acids is 1. The van der Waals surface area contributed by atoms with E-state index in [2.05, 4.69) is 27.0 Å². The molecule has 1 aliphatic heterocycles. The molecule has 0 bridgehead atoms. The highest BCUT2D eigenvalue weighted by molar-refractivity contribution is 7.16. The molecule has 9 heteroatoms. The van der Waals surface area contributed by atoms with E-state index >= 15 is 0 Å². The lowest BCUT2D eigenvalue weighted by atomic mass is 9.95. The number of hydrogen-bond acceptors (Lipinski definition) is 8. The molecule has 35 heavy (non-hydrogen) atoms. The molecule has 1 fully saturated rings. The summed E-state index contributed by atoms with van der Waals surface area (Å²) < 4.78 is 13.8. The summed E-state index contributed by atoms with van der Waals surface area (Å²) >= 11 is 1.18. The fourth-order valence-electron chi connectivity index (χ4n) is 4.37. The Kier molecular flexibility index (Phi) is 7.17. The molecule has 1 unspecified atom stereocenters. The lowest BCUT2D eigenvalue weighted by Crippen LogP contribution is -2.38. The van der Waals surface area contributed by atoms with Crippen molar-refractivity contribution in [1.82, 2.24) is 19.4 Å². The number of carbonyl (C=O) groups is 1. The molecule has 3 heterocycles. The second-order valence-electron chi connectivity index (χ2n) is 8.78. The average Bonchev–Trinajstić information content (AvgIpc) is 3.19. The number of ketones is 1. The Morgan fingerprint density at radius 3 is 2.80 bits per heavy atom. The molecule has 1 atom stereocenters. The molecule has 0 saturated carbocycles. The van der Waals surface area contributed by atoms with Gasteiger partial charge in [-0.05, 0) is 37.5 Å². The van der Waals surface area contributed by atoms with Crippen LogP contribution < -0.4 is 9.61 Å². The molecule has 2 aliphatic rings. The monoisotopic (exact) mass is 492 g/mol. The van der Waals surface area contributed by atoms with Crippen LogP contribution in [0.2, 0.25) is 0 Å². The van der Waals surface area contributed by atoms with E-state index in [0.29, 0.717) is 30.3 Å². The minimum atomic E-state index is -0.0139. The van der Waals surface area contributed by atoms with Crippen LogP contribution in [0.1, 0.15) is 29.5 Å². The van der Waals surface area contributed by atoms with Crippen LogP contribution in [0, 0.1) is 5.92 Å². The van der Waals surface area contributed by atoms with Crippen LogP contribution in [0.15, 0.2) is 53.6 Å². The van der Waals surface area contributed by atoms with Crippen LogP contribution in [0.3, 0.4) is 0 Å². The van der Waals surface area contributed by atoms with Gasteiger partial charge in [0.15, 0.2) is 17.4 Å². The average molecular weight is 493 g/mol. The lowest BCUT2D eigenvalue weighted by Gasteiger charge is -2.26. The zero-order valence-corrected chi connectivity index (χ0v) is 20.5. The summed E-state index contributed by atoms with van der Waals surface area (Å²) in [6, 6.07) is 5.46. The Labute approximate surface area is 207 Å². The summed E-state index contributed by atoms with van der Waals surface area (Å²) in [7, 11) is 0. The van der Waals surface area contributed by atoms with Crippen molar-refractivity contribution in [3.8, 4) is 5.75 Å². The van der Waals surface area contributed by atoms with Gasteiger partial charge in [0.25, 0.3) is 0 Å². The summed E-state index contributed by atoms with van der Waals surface area (Å²) in [6.07, 6.45) is 10.5. The summed E-state index contributed by atoms with van der Waals surface area (Å²) in [5.41, 5.74) is 2.43. The number of fused-ring (bicyclic) bond motifs is 1. The van der Waals surface area contributed by atoms with E-state index in [0.717, 1.165) is 55.1 Å². The van der Waals surface area contributed by atoms with Gasteiger partial charge in [0.2, 0.25) is 0 Å². The van der Waals surface area contributed by atoms with Gasteiger partial charge < -0.3 is 9.47 Å². The summed E-state index contributed by atoms with van der Waals surface area (Å²) in [5.74, 6) is 1.43. The quantitative estimate of drug-likeness (QED) is 0.445. The van der Waals surface area contributed by atoms with E-state index in [4.69, 9.17) is 9.47 Å². The number of rotatable bonds is 8. The van der Waals surface area contributed by atoms with Gasteiger partial charge in [-0.15, -0.1) is 0 Å². The molecule has 0 amide bonds. The van der Waals surface area contributed by atoms with Crippen LogP contribution in [-0.2, 0) is 11.3 Å². The van der Waals surface area contributed by atoms with Crippen LogP contribution in [0.5, 0.6) is 5.75 Å². The maximum absolute atomic E-state index is 12.7. The molecule has 1 aliphatic carbocycles. The normalized spacial score (nSPS) is 18.5. The van der Waals surface area contributed by atoms with Crippen molar-refractivity contribution in [2.45, 2.75) is 19.9 Å². The number of thiazole rings is 1. The van der Waals surface area contributed by atoms with Gasteiger partial charge in [-0.3, -0.25) is 19.1 Å². The third-order valence-corrected chi connectivity index (χ3v) is 7.25. The van der Waals surface area contributed by atoms with Gasteiger partial charge in [0.05, 0.1) is 35.8 Å². The van der Waals surface area contributed by atoms with E-state index in [1.54, 1.807) is 29.1 Å². The summed E-state index contributed by atoms with van der Waals surface area (Å²) in [5, 5.41) is 0. The van der Waals surface area contributed by atoms with Crippen LogP contribution in [0.4, 0.5) is 0 Å². The van der Waals surface area contributed by atoms with E-state index in [1.165, 1.54) is 18.3 Å². The molecule has 2 aromatic heterocycles. The maximum atomic E-state index is 12.7. The molecule has 5 rings (SSSR count). The van der Waals surface area contributed by atoms with Gasteiger partial charge in [0.1, 0.15) is 6.61 Å². The van der Waals surface area contributed by atoms with Gasteiger partial charge in [-0.25, -0.2) is 9.97 Å². The highest BCUT2D eigenvalue weighted by Gasteiger charge is 2.17. The van der Waals surface area contributed by atoms with Gasteiger partial charge in [0, 0.05) is 37.3 Å². The van der Waals surface area contributed by atoms with Gasteiger partial charge in [-0.1, -0.05) is 29.6 Å². The minimum absolute atomic E-state index is 0.00203. The van der Waals surface area contributed by atoms with Crippen LogP contribution in [0.25, 0.3) is 15.8 Å². The standard InChI is InChI=1S/C26H28N4O4S/c1-18(31)20-5-6-23-24(14-20)35-26(32)30(23)17-19-3-2-4-21(13-19)25-27-15-22(16-28-25)34-12-9-29-7-10-33-11-8-29/h2,4-6,13-16,19H,3,7-12,17H2,1H3. The molecular weight excluding hydrogens is 464 g/mol. The molecule has 3 aromatic rings. The fraction of sp³-hybridized carbons (Fsp3) is 0.385. The summed E-state index contributed by atoms with van der Waals surface area (Å²) in [6.45, 7) is 6.97. The zero-order chi connectivity index (χ0) is 24.2. The van der Waals surface area contributed by atoms with Crippen molar-refractivity contribution < 1.29 is 14.3 Å². The van der Waals surface area contributed by atoms with Crippen LogP contribution >= 0.6 is 11.3 Å². The van der Waals surface area contributed by atoms with Crippen molar-refractivity contribution in [2.75, 3.05) is 39.5 Å². The van der Waals surface area contributed by atoms with Crippen LogP contribution in [-0.4, -0.2) is 64.7 Å². The third-order valence-electron chi connectivity index (χ3n) is 6.31. The van der Waals surface area contributed by atoms with Crippen molar-refractivity contribution in [3.05, 3.63) is 69.9 Å². The van der Waals surface area contributed by atoms with E-state index in [1.807, 2.05) is 12.1 Å². The maximum Gasteiger partial charge on any atom is 0.308 e. The highest BCUT2D eigenvalue weighted by Crippen LogP contribution is 2.26. The third kappa shape index (κ3) is 5.58. The Balaban J connectivity index is 1.24. The molecule has 0 spiro atoms. The molecular formula is C26H28N4O4S. The van der Waals surface area contributed by atoms with Crippen molar-refractivity contribution in [3.63, 3.8) is 0 Å². The predicted molar refractivity (Wildman–Crippen MR) is 136 cm³/mol. The van der Waals surface area contributed by atoms with E-state index in [-0.39, 0.29) is 16.6 Å². The Morgan fingerprint density at radius 1 is 1.23 bits per heavy atom. The SMILES string of the molecule is CC(=O)c1ccc2c(c1)sc(=O)n2CC1C=C(c2ncc(OCCN3CCOCC3)cn2)C=CC1. The molecule has 182 valence electrons. The summed E-state index contributed by atoms with van der Waals surface area (Å²) in [4.78, 5) is 35.7. The minimum Gasteiger partial charge on any atom is -0.489 e. The van der Waals surface area contributed by atoms with E-state index < -0.39 is 0 Å². The largest absolute Gasteiger partial charge is 0.489 e. The molecule has 0 radical (unpaired) electrons. The fourth-order valence-corrected chi connectivity index (χ4v) is 5.31. The number of aromatic nitrogens is 3. The number of ether oxygens (including phenoxy) is 2. The molecule has 8 nitrogen and oxygen atoms in total. The smallest absolute Gasteiger partial charge is 0.308 e. The van der Waals surface area contributed by atoms with Gasteiger partial charge in [-0.2, -0.15) is 0 Å². The highest BCUT2D eigenvalue weighted by atomic mass is 32.1. The molecule has 1 saturated heterocycles. The zero-order valence-electron chi connectivity index (χ0n) is 19.7. The predicted octanol–water partition coefficient (Wildman–Crippen LogP) is 3.43. The number of benzene rings is 1. The first-order valence-corrected chi connectivity index (χ1v) is 12.7. The molecule has 0 N–H and O–H groups in total.